The molecule has 168 valence electrons. The van der Waals surface area contributed by atoms with Gasteiger partial charge in [-0.05, 0) is 61.1 Å². The van der Waals surface area contributed by atoms with Crippen LogP contribution in [0.1, 0.15) is 50.6 Å². The number of aliphatic imine (C=N–C) groups is 1. The Morgan fingerprint density at radius 2 is 2.16 bits per heavy atom. The van der Waals surface area contributed by atoms with E-state index >= 15 is 0 Å². The third-order valence-corrected chi connectivity index (χ3v) is 7.89. The Kier molecular flexibility index (Phi) is 5.57. The van der Waals surface area contributed by atoms with E-state index in [2.05, 4.69) is 10.3 Å². The minimum absolute atomic E-state index is 0.0282. The lowest BCUT2D eigenvalue weighted by Crippen LogP contribution is -2.41. The first-order valence-corrected chi connectivity index (χ1v) is 11.9. The summed E-state index contributed by atoms with van der Waals surface area (Å²) >= 11 is 1.41. The van der Waals surface area contributed by atoms with Gasteiger partial charge in [0.2, 0.25) is 5.91 Å². The lowest BCUT2D eigenvalue weighted by Gasteiger charge is -2.36. The number of nitrogens with one attached hydrogen (secondary N) is 1. The number of fused-ring (bicyclic) bond motifs is 3. The Morgan fingerprint density at radius 1 is 1.31 bits per heavy atom. The van der Waals surface area contributed by atoms with Gasteiger partial charge in [0.25, 0.3) is 0 Å². The number of carbonyl (C=O) groups is 2. The van der Waals surface area contributed by atoms with Crippen molar-refractivity contribution in [3.05, 3.63) is 58.0 Å². The molecule has 2 saturated carbocycles. The lowest BCUT2D eigenvalue weighted by molar-refractivity contribution is -0.136. The van der Waals surface area contributed by atoms with Crippen LogP contribution in [0.4, 0.5) is 4.39 Å². The van der Waals surface area contributed by atoms with Crippen LogP contribution in [0.15, 0.2) is 51.6 Å². The van der Waals surface area contributed by atoms with E-state index in [1.165, 1.54) is 50.3 Å². The number of methoxy groups -OCH3 is 1. The normalized spacial score (nSPS) is 28.4. The van der Waals surface area contributed by atoms with Gasteiger partial charge in [0.1, 0.15) is 5.82 Å². The second kappa shape index (κ2) is 8.39. The molecule has 2 bridgehead atoms. The molecule has 32 heavy (non-hydrogen) atoms. The minimum Gasteiger partial charge on any atom is -0.466 e. The molecule has 0 saturated heterocycles. The summed E-state index contributed by atoms with van der Waals surface area (Å²) in [6.45, 7) is 1.75. The summed E-state index contributed by atoms with van der Waals surface area (Å²) in [6.07, 6.45) is 4.95. The van der Waals surface area contributed by atoms with Crippen molar-refractivity contribution in [2.45, 2.75) is 51.1 Å². The first kappa shape index (κ1) is 21.2. The molecule has 1 aromatic rings. The van der Waals surface area contributed by atoms with Crippen LogP contribution in [-0.4, -0.2) is 35.1 Å². The van der Waals surface area contributed by atoms with Gasteiger partial charge in [0.05, 0.1) is 30.8 Å². The van der Waals surface area contributed by atoms with Crippen LogP contribution in [0.5, 0.6) is 0 Å². The van der Waals surface area contributed by atoms with E-state index in [-0.39, 0.29) is 24.2 Å². The van der Waals surface area contributed by atoms with Crippen LogP contribution in [0, 0.1) is 17.7 Å². The Hall–Kier alpha value is -2.61. The van der Waals surface area contributed by atoms with Crippen LogP contribution < -0.4 is 5.32 Å². The molecule has 0 unspecified atom stereocenters. The molecule has 2 heterocycles. The van der Waals surface area contributed by atoms with E-state index in [1.54, 1.807) is 19.1 Å². The molecule has 1 amide bonds. The van der Waals surface area contributed by atoms with Crippen LogP contribution >= 0.6 is 11.8 Å². The molecule has 6 nitrogen and oxygen atoms in total. The smallest absolute Gasteiger partial charge is 0.338 e. The molecule has 0 aromatic heterocycles. The fourth-order valence-electron chi connectivity index (χ4n) is 5.58. The zero-order chi connectivity index (χ0) is 22.4. The number of esters is 1. The number of rotatable bonds is 5. The number of benzene rings is 1. The summed E-state index contributed by atoms with van der Waals surface area (Å²) in [5.74, 6) is 0.418. The van der Waals surface area contributed by atoms with Crippen LogP contribution in [0.25, 0.3) is 0 Å². The molecule has 0 radical (unpaired) electrons. The number of hydrogen-bond donors (Lipinski definition) is 1. The largest absolute Gasteiger partial charge is 0.466 e. The fraction of sp³-hybridized carbons (Fsp3) is 0.458. The molecule has 2 aliphatic heterocycles. The van der Waals surface area contributed by atoms with Crippen molar-refractivity contribution in [3.8, 4) is 0 Å². The standard InChI is InChI=1S/C24H26FN3O3S/c1-13-21(23(30)31-2)22(16-4-3-5-17(25)10-16)28-18(12-32-24(28)26-13)11-20(29)27-19-9-14-6-7-15(19)8-14/h3-5,10,12,14-15,19,22H,6-9,11H2,1-2H3,(H,27,29)/t14-,15-,19-,22+/m0/s1. The number of hydrogen-bond acceptors (Lipinski definition) is 6. The van der Waals surface area contributed by atoms with E-state index in [4.69, 9.17) is 4.74 Å². The SMILES string of the molecule is COC(=O)C1=C(C)N=C2SC=C(CC(=O)N[C@H]3C[C@H]4CC[C@H]3C4)N2[C@@H]1c1cccc(F)c1. The van der Waals surface area contributed by atoms with Crippen molar-refractivity contribution >= 4 is 28.8 Å². The second-order valence-corrected chi connectivity index (χ2v) is 9.80. The Morgan fingerprint density at radius 3 is 2.84 bits per heavy atom. The molecule has 0 spiro atoms. The van der Waals surface area contributed by atoms with Crippen molar-refractivity contribution in [1.29, 1.82) is 0 Å². The summed E-state index contributed by atoms with van der Waals surface area (Å²) < 4.78 is 19.1. The number of nitrogens with zero attached hydrogens (tertiary/aromatic N) is 2. The van der Waals surface area contributed by atoms with Gasteiger partial charge in [-0.2, -0.15) is 0 Å². The molecule has 5 rings (SSSR count). The number of halogens is 1. The van der Waals surface area contributed by atoms with Crippen LogP contribution in [0.3, 0.4) is 0 Å². The predicted octanol–water partition coefficient (Wildman–Crippen LogP) is 4.27. The molecule has 4 aliphatic rings. The maximum absolute atomic E-state index is 14.1. The van der Waals surface area contributed by atoms with E-state index < -0.39 is 12.0 Å². The zero-order valence-corrected chi connectivity index (χ0v) is 19.0. The van der Waals surface area contributed by atoms with Gasteiger partial charge in [0, 0.05) is 11.7 Å². The van der Waals surface area contributed by atoms with Crippen molar-refractivity contribution in [2.24, 2.45) is 16.8 Å². The van der Waals surface area contributed by atoms with Gasteiger partial charge in [0.15, 0.2) is 5.17 Å². The molecule has 1 aromatic carbocycles. The molecule has 2 fully saturated rings. The van der Waals surface area contributed by atoms with Gasteiger partial charge >= 0.3 is 5.97 Å². The Bertz CT molecular complexity index is 1070. The first-order valence-electron chi connectivity index (χ1n) is 11.0. The van der Waals surface area contributed by atoms with Gasteiger partial charge in [-0.1, -0.05) is 30.3 Å². The Labute approximate surface area is 191 Å². The highest BCUT2D eigenvalue weighted by Gasteiger charge is 2.43. The number of ether oxygens (including phenoxy) is 1. The van der Waals surface area contributed by atoms with E-state index in [9.17, 15) is 14.0 Å². The molecule has 4 atom stereocenters. The highest BCUT2D eigenvalue weighted by Crippen LogP contribution is 2.46. The van der Waals surface area contributed by atoms with Crippen LogP contribution in [0.2, 0.25) is 0 Å². The topological polar surface area (TPSA) is 71.0 Å². The first-order chi connectivity index (χ1) is 15.4. The van der Waals surface area contributed by atoms with Gasteiger partial charge < -0.3 is 15.0 Å². The van der Waals surface area contributed by atoms with E-state index in [1.807, 2.05) is 10.3 Å². The molecule has 2 aliphatic carbocycles. The summed E-state index contributed by atoms with van der Waals surface area (Å²) in [4.78, 5) is 32.1. The molecule has 8 heteroatoms. The summed E-state index contributed by atoms with van der Waals surface area (Å²) in [5, 5.41) is 5.81. The second-order valence-electron chi connectivity index (χ2n) is 8.97. The molecular formula is C24H26FN3O3S. The van der Waals surface area contributed by atoms with Crippen molar-refractivity contribution in [3.63, 3.8) is 0 Å². The Balaban J connectivity index is 1.42. The third-order valence-electron chi connectivity index (χ3n) is 7.00. The van der Waals surface area contributed by atoms with Crippen molar-refractivity contribution in [1.82, 2.24) is 10.2 Å². The number of allylic oxidation sites excluding steroid dienone is 1. The predicted molar refractivity (Wildman–Crippen MR) is 121 cm³/mol. The van der Waals surface area contributed by atoms with Gasteiger partial charge in [-0.15, -0.1) is 0 Å². The average molecular weight is 456 g/mol. The minimum atomic E-state index is -0.609. The molecular weight excluding hydrogens is 429 g/mol. The average Bonchev–Trinajstić information content (AvgIpc) is 3.48. The number of amidine groups is 1. The van der Waals surface area contributed by atoms with Crippen molar-refractivity contribution in [2.75, 3.05) is 7.11 Å². The van der Waals surface area contributed by atoms with Crippen molar-refractivity contribution < 1.29 is 18.7 Å². The lowest BCUT2D eigenvalue weighted by atomic mass is 9.93. The van der Waals surface area contributed by atoms with E-state index in [0.29, 0.717) is 27.9 Å². The summed E-state index contributed by atoms with van der Waals surface area (Å²) in [7, 11) is 1.32. The summed E-state index contributed by atoms with van der Waals surface area (Å²) in [6, 6.07) is 5.84. The highest BCUT2D eigenvalue weighted by atomic mass is 32.2. The number of amides is 1. The number of carbonyl (C=O) groups excluding carboxylic acids is 2. The maximum Gasteiger partial charge on any atom is 0.338 e. The maximum atomic E-state index is 14.1. The quantitative estimate of drug-likeness (QED) is 0.672. The summed E-state index contributed by atoms with van der Waals surface area (Å²) in [5.41, 5.74) is 2.24. The van der Waals surface area contributed by atoms with E-state index in [0.717, 1.165) is 18.0 Å². The number of thioether (sulfide) groups is 1. The van der Waals surface area contributed by atoms with Gasteiger partial charge in [-0.3, -0.25) is 4.79 Å². The third kappa shape index (κ3) is 3.74. The highest BCUT2D eigenvalue weighted by molar-refractivity contribution is 8.16. The molecule has 1 N–H and O–H groups in total. The van der Waals surface area contributed by atoms with Gasteiger partial charge in [-0.25, -0.2) is 14.2 Å². The fourth-order valence-corrected chi connectivity index (χ4v) is 6.54. The zero-order valence-electron chi connectivity index (χ0n) is 18.1. The van der Waals surface area contributed by atoms with Crippen LogP contribution in [-0.2, 0) is 14.3 Å². The monoisotopic (exact) mass is 455 g/mol.